The third-order valence-corrected chi connectivity index (χ3v) is 2.74. The van der Waals surface area contributed by atoms with Crippen LogP contribution in [0.25, 0.3) is 0 Å². The van der Waals surface area contributed by atoms with Gasteiger partial charge in [0, 0.05) is 24.7 Å². The molecule has 0 heterocycles. The number of hydrogen-bond donors (Lipinski definition) is 4. The summed E-state index contributed by atoms with van der Waals surface area (Å²) in [7, 11) is 0. The van der Waals surface area contributed by atoms with Crippen molar-refractivity contribution in [3.63, 3.8) is 0 Å². The van der Waals surface area contributed by atoms with E-state index in [9.17, 15) is 14.7 Å². The molecule has 7 heteroatoms. The topological polar surface area (TPSA) is 98.7 Å². The van der Waals surface area contributed by atoms with E-state index in [2.05, 4.69) is 10.6 Å². The third kappa shape index (κ3) is 8.19. The Kier molecular flexibility index (Phi) is 10.6. The second-order valence-corrected chi connectivity index (χ2v) is 4.57. The van der Waals surface area contributed by atoms with Gasteiger partial charge in [0.2, 0.25) is 5.91 Å². The van der Waals surface area contributed by atoms with Crippen LogP contribution >= 0.6 is 0 Å². The summed E-state index contributed by atoms with van der Waals surface area (Å²) in [5.41, 5.74) is 1.35. The molecule has 116 valence electrons. The van der Waals surface area contributed by atoms with E-state index in [0.29, 0.717) is 12.1 Å². The molecule has 1 amide bonds. The van der Waals surface area contributed by atoms with Crippen LogP contribution in [0.1, 0.15) is 13.9 Å². The molecule has 0 aromatic heterocycles. The van der Waals surface area contributed by atoms with Gasteiger partial charge in [0.25, 0.3) is 0 Å². The minimum absolute atomic E-state index is 0. The van der Waals surface area contributed by atoms with Crippen LogP contribution in [0.15, 0.2) is 42.1 Å². The minimum Gasteiger partial charge on any atom is -1.00 e. The maximum absolute atomic E-state index is 11.4. The maximum Gasteiger partial charge on any atom is 1.00 e. The van der Waals surface area contributed by atoms with Crippen molar-refractivity contribution < 1.29 is 50.8 Å². The summed E-state index contributed by atoms with van der Waals surface area (Å²) in [6, 6.07) is 8.45. The smallest absolute Gasteiger partial charge is 1.00 e. The van der Waals surface area contributed by atoms with Gasteiger partial charge in [0.15, 0.2) is 0 Å². The van der Waals surface area contributed by atoms with Gasteiger partial charge in [-0.3, -0.25) is 4.79 Å². The Morgan fingerprint density at radius 1 is 1.32 bits per heavy atom. The second-order valence-electron chi connectivity index (χ2n) is 4.57. The predicted molar refractivity (Wildman–Crippen MR) is 79.7 cm³/mol. The fraction of sp³-hybridized carbons (Fsp3) is 0.333. The molecule has 0 radical (unpaired) electrons. The van der Waals surface area contributed by atoms with Gasteiger partial charge >= 0.3 is 35.5 Å². The van der Waals surface area contributed by atoms with E-state index in [1.807, 2.05) is 30.3 Å². The van der Waals surface area contributed by atoms with Crippen LogP contribution < -0.4 is 40.2 Å². The van der Waals surface area contributed by atoms with Crippen molar-refractivity contribution in [2.45, 2.75) is 19.4 Å². The number of nitrogens with one attached hydrogen (secondary N) is 2. The summed E-state index contributed by atoms with van der Waals surface area (Å²) in [5, 5.41) is 23.1. The summed E-state index contributed by atoms with van der Waals surface area (Å²) < 4.78 is 0. The van der Waals surface area contributed by atoms with Crippen molar-refractivity contribution in [3.05, 3.63) is 47.7 Å². The maximum atomic E-state index is 11.4. The number of aliphatic carboxylic acids is 1. The largest absolute Gasteiger partial charge is 1.00 e. The molecule has 1 aromatic carbocycles. The van der Waals surface area contributed by atoms with Crippen molar-refractivity contribution >= 4 is 11.9 Å². The molecular formula is C15H21N2NaO4. The first-order valence-electron chi connectivity index (χ1n) is 6.63. The van der Waals surface area contributed by atoms with Crippen LogP contribution in [0.2, 0.25) is 0 Å². The molecule has 0 aliphatic carbocycles. The summed E-state index contributed by atoms with van der Waals surface area (Å²) in [5.74, 6) is -1.36. The number of aliphatic hydroxyl groups excluding tert-OH is 1. The normalized spacial score (nSPS) is 12.0. The minimum atomic E-state index is -0.984. The van der Waals surface area contributed by atoms with Crippen LogP contribution in [-0.2, 0) is 16.0 Å². The monoisotopic (exact) mass is 316 g/mol. The molecule has 1 atom stereocenters. The number of carboxylic acids is 1. The molecule has 0 spiro atoms. The zero-order chi connectivity index (χ0) is 15.7. The fourth-order valence-corrected chi connectivity index (χ4v) is 1.79. The van der Waals surface area contributed by atoms with E-state index in [1.165, 1.54) is 6.08 Å². The average Bonchev–Trinajstić information content (AvgIpc) is 2.45. The predicted octanol–water partition coefficient (Wildman–Crippen LogP) is -2.60. The molecule has 0 bridgehead atoms. The Balaban J connectivity index is 0. The summed E-state index contributed by atoms with van der Waals surface area (Å²) in [6.07, 6.45) is 1.59. The van der Waals surface area contributed by atoms with E-state index in [-0.39, 0.29) is 50.0 Å². The number of hydrogen-bond acceptors (Lipinski definition) is 4. The van der Waals surface area contributed by atoms with Crippen LogP contribution in [0.5, 0.6) is 0 Å². The van der Waals surface area contributed by atoms with E-state index in [1.54, 1.807) is 6.92 Å². The van der Waals surface area contributed by atoms with E-state index < -0.39 is 12.0 Å². The summed E-state index contributed by atoms with van der Waals surface area (Å²) >= 11 is 0. The van der Waals surface area contributed by atoms with E-state index >= 15 is 0 Å². The Labute approximate surface area is 153 Å². The van der Waals surface area contributed by atoms with Gasteiger partial charge in [0.05, 0.1) is 6.61 Å². The zero-order valence-corrected chi connectivity index (χ0v) is 14.9. The Bertz CT molecular complexity index is 511. The zero-order valence-electron chi connectivity index (χ0n) is 13.9. The third-order valence-electron chi connectivity index (χ3n) is 2.74. The van der Waals surface area contributed by atoms with Crippen molar-refractivity contribution in [1.82, 2.24) is 10.6 Å². The van der Waals surface area contributed by atoms with Gasteiger partial charge < -0.3 is 22.3 Å². The van der Waals surface area contributed by atoms with Crippen molar-refractivity contribution in [1.29, 1.82) is 0 Å². The van der Waals surface area contributed by atoms with Crippen molar-refractivity contribution in [3.8, 4) is 0 Å². The number of carboxylic acid groups (broad SMARTS) is 1. The standard InChI is InChI=1S/C15H20N2O4.Na.H/c1-11(9-14(19)16-7-8-18)17-13(15(20)21)10-12-5-3-2-4-6-12;;/h2-6,9,13,17-18H,7-8,10H2,1H3,(H,16,19)(H,20,21);;/q;+1;-1/t13-;;/m0../s1. The van der Waals surface area contributed by atoms with E-state index in [0.717, 1.165) is 5.56 Å². The molecule has 1 aromatic rings. The van der Waals surface area contributed by atoms with Gasteiger partial charge in [-0.05, 0) is 12.5 Å². The first-order chi connectivity index (χ1) is 10.0. The summed E-state index contributed by atoms with van der Waals surface area (Å²) in [6.45, 7) is 1.65. The van der Waals surface area contributed by atoms with Gasteiger partial charge in [0.1, 0.15) is 6.04 Å². The van der Waals surface area contributed by atoms with Crippen LogP contribution in [0.3, 0.4) is 0 Å². The Hall–Kier alpha value is -1.34. The fourth-order valence-electron chi connectivity index (χ4n) is 1.79. The Morgan fingerprint density at radius 2 is 1.95 bits per heavy atom. The van der Waals surface area contributed by atoms with Gasteiger partial charge in [-0.1, -0.05) is 30.3 Å². The number of rotatable bonds is 8. The molecule has 22 heavy (non-hydrogen) atoms. The molecule has 0 unspecified atom stereocenters. The quantitative estimate of drug-likeness (QED) is 0.311. The Morgan fingerprint density at radius 3 is 2.50 bits per heavy atom. The molecule has 0 aliphatic heterocycles. The van der Waals surface area contributed by atoms with Crippen molar-refractivity contribution in [2.75, 3.05) is 13.2 Å². The molecular weight excluding hydrogens is 295 g/mol. The molecule has 4 N–H and O–H groups in total. The van der Waals surface area contributed by atoms with Gasteiger partial charge in [-0.2, -0.15) is 0 Å². The first kappa shape index (κ1) is 20.7. The number of benzene rings is 1. The second kappa shape index (κ2) is 11.3. The molecule has 0 saturated carbocycles. The van der Waals surface area contributed by atoms with Crippen LogP contribution in [-0.4, -0.2) is 41.3 Å². The van der Waals surface area contributed by atoms with Crippen LogP contribution in [0, 0.1) is 0 Å². The number of allylic oxidation sites excluding steroid dienone is 1. The molecule has 0 fully saturated rings. The van der Waals surface area contributed by atoms with Crippen molar-refractivity contribution in [2.24, 2.45) is 0 Å². The van der Waals surface area contributed by atoms with Crippen LogP contribution in [0.4, 0.5) is 0 Å². The first-order valence-corrected chi connectivity index (χ1v) is 6.63. The molecule has 6 nitrogen and oxygen atoms in total. The number of carbonyl (C=O) groups excluding carboxylic acids is 1. The number of amides is 1. The van der Waals surface area contributed by atoms with Gasteiger partial charge in [-0.15, -0.1) is 0 Å². The number of aliphatic hydroxyl groups is 1. The number of carbonyl (C=O) groups is 2. The molecule has 0 aliphatic rings. The average molecular weight is 316 g/mol. The SMILES string of the molecule is CC(=CC(=O)NCCO)N[C@@H](Cc1ccccc1)C(=O)O.[H-].[Na+]. The summed E-state index contributed by atoms with van der Waals surface area (Å²) in [4.78, 5) is 22.7. The molecule has 0 saturated heterocycles. The molecule has 1 rings (SSSR count). The van der Waals surface area contributed by atoms with E-state index in [4.69, 9.17) is 5.11 Å². The van der Waals surface area contributed by atoms with Gasteiger partial charge in [-0.25, -0.2) is 4.79 Å².